The standard InChI is InChI=1S/C15H27N3/c1-6-15(5,18(7-2)8-3)14(16)13-9-12(4)10-17-11-13/h9-11,14H,6-8,16H2,1-5H3. The number of pyridine rings is 1. The van der Waals surface area contributed by atoms with E-state index in [0.717, 1.165) is 25.1 Å². The number of rotatable bonds is 6. The molecule has 1 heterocycles. The lowest BCUT2D eigenvalue weighted by atomic mass is 9.83. The average Bonchev–Trinajstić information content (AvgIpc) is 2.38. The number of hydrogen-bond donors (Lipinski definition) is 1. The molecule has 1 aromatic rings. The van der Waals surface area contributed by atoms with Gasteiger partial charge in [-0.3, -0.25) is 9.88 Å². The minimum atomic E-state index is -0.0149. The van der Waals surface area contributed by atoms with Crippen molar-refractivity contribution in [3.63, 3.8) is 0 Å². The lowest BCUT2D eigenvalue weighted by Gasteiger charge is -2.44. The summed E-state index contributed by atoms with van der Waals surface area (Å²) in [5.41, 5.74) is 8.81. The molecule has 0 saturated carbocycles. The van der Waals surface area contributed by atoms with Crippen LogP contribution >= 0.6 is 0 Å². The second-order valence-corrected chi connectivity index (χ2v) is 5.16. The predicted octanol–water partition coefficient (Wildman–Crippen LogP) is 2.90. The van der Waals surface area contributed by atoms with Crippen LogP contribution in [0.3, 0.4) is 0 Å². The van der Waals surface area contributed by atoms with E-state index in [4.69, 9.17) is 5.73 Å². The van der Waals surface area contributed by atoms with E-state index in [2.05, 4.69) is 50.6 Å². The molecule has 2 atom stereocenters. The monoisotopic (exact) mass is 249 g/mol. The fourth-order valence-electron chi connectivity index (χ4n) is 2.69. The van der Waals surface area contributed by atoms with Gasteiger partial charge in [-0.15, -0.1) is 0 Å². The molecule has 2 unspecified atom stereocenters. The molecule has 0 amide bonds. The second kappa shape index (κ2) is 6.30. The van der Waals surface area contributed by atoms with Gasteiger partial charge in [-0.05, 0) is 44.5 Å². The molecule has 0 radical (unpaired) electrons. The molecule has 3 nitrogen and oxygen atoms in total. The molecule has 0 saturated heterocycles. The zero-order valence-electron chi connectivity index (χ0n) is 12.4. The van der Waals surface area contributed by atoms with Crippen LogP contribution < -0.4 is 5.73 Å². The van der Waals surface area contributed by atoms with Gasteiger partial charge >= 0.3 is 0 Å². The Hall–Kier alpha value is -0.930. The van der Waals surface area contributed by atoms with Crippen molar-refractivity contribution in [3.8, 4) is 0 Å². The average molecular weight is 249 g/mol. The molecule has 0 aliphatic heterocycles. The van der Waals surface area contributed by atoms with Gasteiger partial charge < -0.3 is 5.73 Å². The maximum atomic E-state index is 6.52. The van der Waals surface area contributed by atoms with Crippen LogP contribution in [0.2, 0.25) is 0 Å². The Morgan fingerprint density at radius 1 is 1.28 bits per heavy atom. The van der Waals surface area contributed by atoms with Crippen LogP contribution in [0.15, 0.2) is 18.5 Å². The van der Waals surface area contributed by atoms with E-state index < -0.39 is 0 Å². The summed E-state index contributed by atoms with van der Waals surface area (Å²) < 4.78 is 0. The largest absolute Gasteiger partial charge is 0.322 e. The molecule has 1 aromatic heterocycles. The maximum Gasteiger partial charge on any atom is 0.0494 e. The molecular weight excluding hydrogens is 222 g/mol. The van der Waals surface area contributed by atoms with Crippen LogP contribution in [0.5, 0.6) is 0 Å². The molecule has 0 spiro atoms. The minimum Gasteiger partial charge on any atom is -0.322 e. The summed E-state index contributed by atoms with van der Waals surface area (Å²) in [6.45, 7) is 13.0. The first kappa shape index (κ1) is 15.1. The summed E-state index contributed by atoms with van der Waals surface area (Å²) in [6, 6.07) is 2.14. The van der Waals surface area contributed by atoms with Gasteiger partial charge in [0.05, 0.1) is 0 Å². The summed E-state index contributed by atoms with van der Waals surface area (Å²) in [7, 11) is 0. The molecule has 1 rings (SSSR count). The molecule has 0 aromatic carbocycles. The highest BCUT2D eigenvalue weighted by Crippen LogP contribution is 2.32. The lowest BCUT2D eigenvalue weighted by molar-refractivity contribution is 0.0843. The van der Waals surface area contributed by atoms with Crippen molar-refractivity contribution in [2.45, 2.75) is 52.6 Å². The number of aromatic nitrogens is 1. The SMILES string of the molecule is CCN(CC)C(C)(CC)C(N)c1cncc(C)c1. The van der Waals surface area contributed by atoms with Crippen LogP contribution in [0.4, 0.5) is 0 Å². The van der Waals surface area contributed by atoms with Gasteiger partial charge in [0.25, 0.3) is 0 Å². The topological polar surface area (TPSA) is 42.1 Å². The van der Waals surface area contributed by atoms with E-state index in [9.17, 15) is 0 Å². The first-order chi connectivity index (χ1) is 8.49. The summed E-state index contributed by atoms with van der Waals surface area (Å²) in [5, 5.41) is 0. The molecule has 2 N–H and O–H groups in total. The Bertz CT molecular complexity index is 374. The Labute approximate surface area is 111 Å². The third-order valence-electron chi connectivity index (χ3n) is 4.13. The summed E-state index contributed by atoms with van der Waals surface area (Å²) in [6.07, 6.45) is 4.80. The zero-order valence-corrected chi connectivity index (χ0v) is 12.4. The molecule has 0 bridgehead atoms. The molecule has 102 valence electrons. The van der Waals surface area contributed by atoms with Crippen LogP contribution in [0.25, 0.3) is 0 Å². The van der Waals surface area contributed by atoms with Crippen LogP contribution in [-0.4, -0.2) is 28.5 Å². The summed E-state index contributed by atoms with van der Waals surface area (Å²) in [5.74, 6) is 0. The van der Waals surface area contributed by atoms with E-state index in [1.54, 1.807) is 0 Å². The molecule has 0 fully saturated rings. The van der Waals surface area contributed by atoms with Gasteiger partial charge in [0.2, 0.25) is 0 Å². The van der Waals surface area contributed by atoms with Crippen molar-refractivity contribution in [2.24, 2.45) is 5.73 Å². The first-order valence-electron chi connectivity index (χ1n) is 6.91. The fourth-order valence-corrected chi connectivity index (χ4v) is 2.69. The van der Waals surface area contributed by atoms with Crippen LogP contribution in [-0.2, 0) is 0 Å². The minimum absolute atomic E-state index is 0.00481. The second-order valence-electron chi connectivity index (χ2n) is 5.16. The molecule has 3 heteroatoms. The predicted molar refractivity (Wildman–Crippen MR) is 77.5 cm³/mol. The van der Waals surface area contributed by atoms with E-state index in [1.165, 1.54) is 5.56 Å². The van der Waals surface area contributed by atoms with Gasteiger partial charge in [-0.1, -0.05) is 26.8 Å². The molecule has 18 heavy (non-hydrogen) atoms. The van der Waals surface area contributed by atoms with E-state index >= 15 is 0 Å². The van der Waals surface area contributed by atoms with E-state index in [-0.39, 0.29) is 11.6 Å². The van der Waals surface area contributed by atoms with Crippen LogP contribution in [0.1, 0.15) is 51.3 Å². The number of nitrogens with zero attached hydrogens (tertiary/aromatic N) is 2. The van der Waals surface area contributed by atoms with Gasteiger partial charge in [0.15, 0.2) is 0 Å². The molecule has 0 aliphatic carbocycles. The number of likely N-dealkylation sites (N-methyl/N-ethyl adjacent to an activating group) is 1. The highest BCUT2D eigenvalue weighted by atomic mass is 15.2. The highest BCUT2D eigenvalue weighted by Gasteiger charge is 2.35. The number of nitrogens with two attached hydrogens (primary N) is 1. The van der Waals surface area contributed by atoms with Gasteiger partial charge in [-0.2, -0.15) is 0 Å². The lowest BCUT2D eigenvalue weighted by Crippen LogP contribution is -2.53. The third kappa shape index (κ3) is 2.90. The van der Waals surface area contributed by atoms with E-state index in [0.29, 0.717) is 0 Å². The third-order valence-corrected chi connectivity index (χ3v) is 4.13. The van der Waals surface area contributed by atoms with Crippen molar-refractivity contribution in [3.05, 3.63) is 29.6 Å². The Morgan fingerprint density at radius 2 is 1.89 bits per heavy atom. The normalized spacial score (nSPS) is 16.6. The molecular formula is C15H27N3. The Balaban J connectivity index is 3.07. The van der Waals surface area contributed by atoms with Crippen molar-refractivity contribution in [2.75, 3.05) is 13.1 Å². The van der Waals surface area contributed by atoms with Gasteiger partial charge in [-0.25, -0.2) is 0 Å². The van der Waals surface area contributed by atoms with Crippen molar-refractivity contribution in [1.29, 1.82) is 0 Å². The smallest absolute Gasteiger partial charge is 0.0494 e. The Kier molecular flexibility index (Phi) is 5.29. The molecule has 0 aliphatic rings. The fraction of sp³-hybridized carbons (Fsp3) is 0.667. The van der Waals surface area contributed by atoms with Gasteiger partial charge in [0.1, 0.15) is 0 Å². The first-order valence-corrected chi connectivity index (χ1v) is 6.91. The van der Waals surface area contributed by atoms with E-state index in [1.807, 2.05) is 12.4 Å². The Morgan fingerprint density at radius 3 is 2.33 bits per heavy atom. The van der Waals surface area contributed by atoms with Crippen molar-refractivity contribution in [1.82, 2.24) is 9.88 Å². The summed E-state index contributed by atoms with van der Waals surface area (Å²) in [4.78, 5) is 6.71. The highest BCUT2D eigenvalue weighted by molar-refractivity contribution is 5.23. The number of hydrogen-bond acceptors (Lipinski definition) is 3. The summed E-state index contributed by atoms with van der Waals surface area (Å²) >= 11 is 0. The van der Waals surface area contributed by atoms with Crippen molar-refractivity contribution >= 4 is 0 Å². The quantitative estimate of drug-likeness (QED) is 0.843. The number of aryl methyl sites for hydroxylation is 1. The van der Waals surface area contributed by atoms with Crippen LogP contribution in [0, 0.1) is 6.92 Å². The zero-order chi connectivity index (χ0) is 13.8. The maximum absolute atomic E-state index is 6.52. The van der Waals surface area contributed by atoms with Gasteiger partial charge in [0, 0.05) is 24.0 Å². The van der Waals surface area contributed by atoms with Crippen molar-refractivity contribution < 1.29 is 0 Å².